The molecule has 6 N–H and O–H groups in total. The first-order chi connectivity index (χ1) is 8.95. The van der Waals surface area contributed by atoms with Crippen LogP contribution in [0.1, 0.15) is 5.56 Å². The Balaban J connectivity index is 2.54. The zero-order valence-electron chi connectivity index (χ0n) is 11.0. The number of hydrogen-bond acceptors (Lipinski definition) is 4. The maximum Gasteiger partial charge on any atom is 0.197 e. The Labute approximate surface area is 111 Å². The van der Waals surface area contributed by atoms with E-state index in [1.54, 1.807) is 31.1 Å². The summed E-state index contributed by atoms with van der Waals surface area (Å²) in [6.45, 7) is 0.472. The largest absolute Gasteiger partial charge is 0.504 e. The van der Waals surface area contributed by atoms with Gasteiger partial charge in [-0.3, -0.25) is 16.1 Å². The third kappa shape index (κ3) is 4.06. The van der Waals surface area contributed by atoms with E-state index in [2.05, 4.69) is 10.6 Å². The Hall–Kier alpha value is -2.44. The number of guanidine groups is 2. The molecule has 0 saturated heterocycles. The van der Waals surface area contributed by atoms with Gasteiger partial charge in [0.2, 0.25) is 0 Å². The Morgan fingerprint density at radius 2 is 2.00 bits per heavy atom. The second-order valence-corrected chi connectivity index (χ2v) is 4.06. The Morgan fingerprint density at radius 3 is 2.63 bits per heavy atom. The first-order valence-electron chi connectivity index (χ1n) is 5.78. The highest BCUT2D eigenvalue weighted by Crippen LogP contribution is 2.28. The molecular formula is C12H19N5O2. The molecule has 0 aliphatic heterocycles. The monoisotopic (exact) mass is 265 g/mol. The zero-order valence-corrected chi connectivity index (χ0v) is 11.0. The molecule has 1 aromatic rings. The van der Waals surface area contributed by atoms with Crippen LogP contribution in [-0.2, 0) is 6.42 Å². The molecule has 0 heterocycles. The highest BCUT2D eigenvalue weighted by Gasteiger charge is 2.09. The lowest BCUT2D eigenvalue weighted by atomic mass is 10.1. The average molecular weight is 265 g/mol. The molecule has 0 aromatic heterocycles. The summed E-state index contributed by atoms with van der Waals surface area (Å²) in [4.78, 5) is 1.61. The summed E-state index contributed by atoms with van der Waals surface area (Å²) < 4.78 is 0. The Bertz CT molecular complexity index is 475. The third-order valence-electron chi connectivity index (χ3n) is 2.69. The number of nitrogens with zero attached hydrogens (tertiary/aromatic N) is 1. The predicted molar refractivity (Wildman–Crippen MR) is 73.8 cm³/mol. The lowest BCUT2D eigenvalue weighted by molar-refractivity contribution is 0.396. The fourth-order valence-corrected chi connectivity index (χ4v) is 1.46. The van der Waals surface area contributed by atoms with Gasteiger partial charge in [-0.25, -0.2) is 0 Å². The van der Waals surface area contributed by atoms with Crippen molar-refractivity contribution in [1.29, 1.82) is 10.8 Å². The van der Waals surface area contributed by atoms with Crippen LogP contribution >= 0.6 is 0 Å². The molecule has 7 heteroatoms. The van der Waals surface area contributed by atoms with Gasteiger partial charge in [-0.2, -0.15) is 0 Å². The summed E-state index contributed by atoms with van der Waals surface area (Å²) in [5.41, 5.74) is 0.614. The summed E-state index contributed by atoms with van der Waals surface area (Å²) in [5, 5.41) is 39.2. The molecule has 1 aromatic carbocycles. The minimum atomic E-state index is -0.148. The van der Waals surface area contributed by atoms with E-state index in [0.717, 1.165) is 0 Å². The number of phenolic OH excluding ortho intramolecular Hbond substituents is 2. The molecule has 0 fully saturated rings. The van der Waals surface area contributed by atoms with E-state index in [1.165, 1.54) is 6.07 Å². The van der Waals surface area contributed by atoms with Gasteiger partial charge < -0.3 is 20.4 Å². The van der Waals surface area contributed by atoms with Crippen LogP contribution in [0.3, 0.4) is 0 Å². The van der Waals surface area contributed by atoms with E-state index in [1.807, 2.05) is 0 Å². The van der Waals surface area contributed by atoms with Crippen LogP contribution < -0.4 is 10.6 Å². The van der Waals surface area contributed by atoms with Crippen LogP contribution in [0, 0.1) is 10.8 Å². The number of hydrogen-bond donors (Lipinski definition) is 6. The van der Waals surface area contributed by atoms with Gasteiger partial charge in [-0.05, 0) is 18.1 Å². The smallest absolute Gasteiger partial charge is 0.197 e. The molecule has 0 spiro atoms. The van der Waals surface area contributed by atoms with Crippen LogP contribution in [0.4, 0.5) is 0 Å². The molecule has 0 bridgehead atoms. The molecule has 0 aliphatic rings. The summed E-state index contributed by atoms with van der Waals surface area (Å²) in [6.07, 6.45) is 0.480. The molecular weight excluding hydrogens is 246 g/mol. The summed E-state index contributed by atoms with van der Waals surface area (Å²) in [5.74, 6) is -0.153. The van der Waals surface area contributed by atoms with Gasteiger partial charge in [0.1, 0.15) is 0 Å². The van der Waals surface area contributed by atoms with E-state index in [0.29, 0.717) is 18.5 Å². The van der Waals surface area contributed by atoms with Gasteiger partial charge in [-0.1, -0.05) is 12.1 Å². The molecule has 104 valence electrons. The molecule has 0 atom stereocenters. The van der Waals surface area contributed by atoms with Crippen LogP contribution in [0.5, 0.6) is 11.5 Å². The second kappa shape index (κ2) is 6.48. The van der Waals surface area contributed by atoms with Crippen molar-refractivity contribution in [2.75, 3.05) is 20.6 Å². The fourth-order valence-electron chi connectivity index (χ4n) is 1.46. The molecule has 0 radical (unpaired) electrons. The van der Waals surface area contributed by atoms with E-state index >= 15 is 0 Å². The first kappa shape index (κ1) is 14.6. The number of phenols is 2. The SMILES string of the molecule is CNC(=N)NC(=N)N(C)CCc1cccc(O)c1O. The molecule has 7 nitrogen and oxygen atoms in total. The lowest BCUT2D eigenvalue weighted by Crippen LogP contribution is -2.46. The summed E-state index contributed by atoms with van der Waals surface area (Å²) >= 11 is 0. The average Bonchev–Trinajstić information content (AvgIpc) is 2.39. The van der Waals surface area contributed by atoms with E-state index in [-0.39, 0.29) is 23.4 Å². The number of likely N-dealkylation sites (N-methyl/N-ethyl adjacent to an activating group) is 1. The highest BCUT2D eigenvalue weighted by atomic mass is 16.3. The van der Waals surface area contributed by atoms with E-state index in [9.17, 15) is 10.2 Å². The predicted octanol–water partition coefficient (Wildman–Crippen LogP) is 0.251. The number of para-hydroxylation sites is 1. The van der Waals surface area contributed by atoms with E-state index in [4.69, 9.17) is 10.8 Å². The third-order valence-corrected chi connectivity index (χ3v) is 2.69. The van der Waals surface area contributed by atoms with Crippen molar-refractivity contribution in [2.45, 2.75) is 6.42 Å². The maximum absolute atomic E-state index is 9.65. The molecule has 19 heavy (non-hydrogen) atoms. The maximum atomic E-state index is 9.65. The van der Waals surface area contributed by atoms with Crippen LogP contribution in [0.15, 0.2) is 18.2 Å². The fraction of sp³-hybridized carbons (Fsp3) is 0.333. The molecule has 0 amide bonds. The molecule has 1 rings (SSSR count). The summed E-state index contributed by atoms with van der Waals surface area (Å²) in [7, 11) is 3.30. The van der Waals surface area contributed by atoms with Gasteiger partial charge in [0, 0.05) is 20.6 Å². The number of rotatable bonds is 3. The topological polar surface area (TPSA) is 115 Å². The summed E-state index contributed by atoms with van der Waals surface area (Å²) in [6, 6.07) is 4.79. The minimum Gasteiger partial charge on any atom is -0.504 e. The highest BCUT2D eigenvalue weighted by molar-refractivity contribution is 5.95. The van der Waals surface area contributed by atoms with Crippen molar-refractivity contribution in [3.8, 4) is 11.5 Å². The van der Waals surface area contributed by atoms with Gasteiger partial charge in [-0.15, -0.1) is 0 Å². The number of aromatic hydroxyl groups is 2. The first-order valence-corrected chi connectivity index (χ1v) is 5.78. The zero-order chi connectivity index (χ0) is 14.4. The lowest BCUT2D eigenvalue weighted by Gasteiger charge is -2.21. The molecule has 0 unspecified atom stereocenters. The molecule has 0 aliphatic carbocycles. The van der Waals surface area contributed by atoms with Crippen molar-refractivity contribution in [1.82, 2.24) is 15.5 Å². The van der Waals surface area contributed by atoms with Crippen molar-refractivity contribution in [3.63, 3.8) is 0 Å². The Kier molecular flexibility index (Phi) is 4.99. The quantitative estimate of drug-likeness (QED) is 0.266. The van der Waals surface area contributed by atoms with Gasteiger partial charge in [0.15, 0.2) is 23.4 Å². The normalized spacial score (nSPS) is 9.79. The van der Waals surface area contributed by atoms with Gasteiger partial charge >= 0.3 is 0 Å². The van der Waals surface area contributed by atoms with Crippen molar-refractivity contribution in [2.24, 2.45) is 0 Å². The van der Waals surface area contributed by atoms with Crippen molar-refractivity contribution in [3.05, 3.63) is 23.8 Å². The van der Waals surface area contributed by atoms with Crippen LogP contribution in [-0.4, -0.2) is 47.7 Å². The van der Waals surface area contributed by atoms with Gasteiger partial charge in [0.25, 0.3) is 0 Å². The van der Waals surface area contributed by atoms with E-state index < -0.39 is 0 Å². The molecule has 0 saturated carbocycles. The van der Waals surface area contributed by atoms with Crippen LogP contribution in [0.2, 0.25) is 0 Å². The standard InChI is InChI=1S/C12H19N5O2/c1-15-11(13)16-12(14)17(2)7-6-8-4-3-5-9(18)10(8)19/h3-5,18-19H,6-7H2,1-2H3,(H4,13,14,15,16). The number of benzene rings is 1. The van der Waals surface area contributed by atoms with Gasteiger partial charge in [0.05, 0.1) is 0 Å². The van der Waals surface area contributed by atoms with Crippen molar-refractivity contribution >= 4 is 11.9 Å². The number of nitrogens with one attached hydrogen (secondary N) is 4. The van der Waals surface area contributed by atoms with Crippen molar-refractivity contribution < 1.29 is 10.2 Å². The second-order valence-electron chi connectivity index (χ2n) is 4.06. The Morgan fingerprint density at radius 1 is 1.32 bits per heavy atom. The minimum absolute atomic E-state index is 0.0389. The van der Waals surface area contributed by atoms with Crippen LogP contribution in [0.25, 0.3) is 0 Å².